The zero-order valence-corrected chi connectivity index (χ0v) is 16.2. The number of rotatable bonds is 6. The minimum absolute atomic E-state index is 0. The first-order valence-corrected chi connectivity index (χ1v) is 9.41. The summed E-state index contributed by atoms with van der Waals surface area (Å²) in [5.74, 6) is -0.120. The van der Waals surface area contributed by atoms with Crippen molar-refractivity contribution in [3.05, 3.63) is 40.4 Å². The largest absolute Gasteiger partial charge is 0.351 e. The Hall–Kier alpha value is -1.18. The van der Waals surface area contributed by atoms with Gasteiger partial charge in [0, 0.05) is 43.7 Å². The summed E-state index contributed by atoms with van der Waals surface area (Å²) in [5.41, 5.74) is 1.32. The monoisotopic (exact) mass is 400 g/mol. The van der Waals surface area contributed by atoms with Crippen molar-refractivity contribution in [3.63, 3.8) is 0 Å². The van der Waals surface area contributed by atoms with Crippen molar-refractivity contribution in [3.8, 4) is 10.6 Å². The van der Waals surface area contributed by atoms with E-state index in [1.54, 1.807) is 5.38 Å². The quantitative estimate of drug-likeness (QED) is 0.731. The molecule has 5 nitrogen and oxygen atoms in total. The molecule has 0 unspecified atom stereocenters. The number of carbonyl (C=O) groups excluding carboxylic acids is 1. The molecule has 1 fully saturated rings. The van der Waals surface area contributed by atoms with Crippen LogP contribution < -0.4 is 10.6 Å². The SMILES string of the molecule is Cl.O=C(NCCCN1CCNCC1)c1csc(-c2ccccc2Cl)n1. The van der Waals surface area contributed by atoms with Crippen LogP contribution in [0.1, 0.15) is 16.9 Å². The van der Waals surface area contributed by atoms with Gasteiger partial charge in [-0.15, -0.1) is 23.7 Å². The Morgan fingerprint density at radius 1 is 1.32 bits per heavy atom. The van der Waals surface area contributed by atoms with Crippen molar-refractivity contribution in [2.45, 2.75) is 6.42 Å². The summed E-state index contributed by atoms with van der Waals surface area (Å²) in [5, 5.41) is 9.48. The third-order valence-electron chi connectivity index (χ3n) is 3.99. The smallest absolute Gasteiger partial charge is 0.270 e. The first-order chi connectivity index (χ1) is 11.7. The van der Waals surface area contributed by atoms with E-state index in [2.05, 4.69) is 20.5 Å². The molecule has 0 saturated carbocycles. The number of halogens is 2. The molecule has 3 rings (SSSR count). The molecule has 0 bridgehead atoms. The number of thiazole rings is 1. The summed E-state index contributed by atoms with van der Waals surface area (Å²) in [6.45, 7) is 5.96. The van der Waals surface area contributed by atoms with Gasteiger partial charge in [0.2, 0.25) is 0 Å². The molecule has 1 aliphatic rings. The van der Waals surface area contributed by atoms with Crippen molar-refractivity contribution >= 4 is 41.3 Å². The fraction of sp³-hybridized carbons (Fsp3) is 0.412. The van der Waals surface area contributed by atoms with E-state index in [1.165, 1.54) is 11.3 Å². The molecular weight excluding hydrogens is 379 g/mol. The fourth-order valence-electron chi connectivity index (χ4n) is 2.67. The lowest BCUT2D eigenvalue weighted by molar-refractivity contribution is 0.0947. The molecule has 8 heteroatoms. The molecule has 1 aliphatic heterocycles. The third kappa shape index (κ3) is 5.66. The predicted octanol–water partition coefficient (Wildman–Crippen LogP) is 2.91. The molecule has 2 aromatic rings. The highest BCUT2D eigenvalue weighted by Crippen LogP contribution is 2.29. The normalized spacial score (nSPS) is 14.8. The summed E-state index contributed by atoms with van der Waals surface area (Å²) in [6.07, 6.45) is 0.952. The van der Waals surface area contributed by atoms with E-state index >= 15 is 0 Å². The molecule has 0 aliphatic carbocycles. The second-order valence-corrected chi connectivity index (χ2v) is 6.98. The van der Waals surface area contributed by atoms with Gasteiger partial charge in [0.1, 0.15) is 10.7 Å². The average molecular weight is 401 g/mol. The highest BCUT2D eigenvalue weighted by atomic mass is 35.5. The van der Waals surface area contributed by atoms with Crippen molar-refractivity contribution in [1.29, 1.82) is 0 Å². The second kappa shape index (κ2) is 10.1. The Kier molecular flexibility index (Phi) is 8.12. The van der Waals surface area contributed by atoms with Crippen LogP contribution >= 0.6 is 35.3 Å². The molecule has 1 aromatic carbocycles. The maximum atomic E-state index is 12.2. The Morgan fingerprint density at radius 2 is 2.08 bits per heavy atom. The molecule has 1 amide bonds. The molecule has 0 atom stereocenters. The molecule has 1 saturated heterocycles. The van der Waals surface area contributed by atoms with Gasteiger partial charge in [-0.2, -0.15) is 0 Å². The number of nitrogens with zero attached hydrogens (tertiary/aromatic N) is 2. The Labute approximate surface area is 163 Å². The summed E-state index contributed by atoms with van der Waals surface area (Å²) < 4.78 is 0. The van der Waals surface area contributed by atoms with Crippen LogP contribution in [0.2, 0.25) is 5.02 Å². The molecule has 1 aromatic heterocycles. The topological polar surface area (TPSA) is 57.3 Å². The van der Waals surface area contributed by atoms with E-state index in [9.17, 15) is 4.79 Å². The van der Waals surface area contributed by atoms with Crippen molar-refractivity contribution in [1.82, 2.24) is 20.5 Å². The Balaban J connectivity index is 0.00000225. The molecule has 0 radical (unpaired) electrons. The lowest BCUT2D eigenvalue weighted by Crippen LogP contribution is -2.44. The predicted molar refractivity (Wildman–Crippen MR) is 106 cm³/mol. The van der Waals surface area contributed by atoms with Gasteiger partial charge < -0.3 is 15.5 Å². The van der Waals surface area contributed by atoms with Gasteiger partial charge in [0.15, 0.2) is 0 Å². The van der Waals surface area contributed by atoms with Gasteiger partial charge in [-0.25, -0.2) is 4.98 Å². The first kappa shape index (κ1) is 20.1. The van der Waals surface area contributed by atoms with Crippen LogP contribution in [0.15, 0.2) is 29.6 Å². The van der Waals surface area contributed by atoms with E-state index in [0.717, 1.165) is 49.7 Å². The number of benzene rings is 1. The number of piperazine rings is 1. The van der Waals surface area contributed by atoms with E-state index in [0.29, 0.717) is 17.3 Å². The number of hydrogen-bond donors (Lipinski definition) is 2. The number of amides is 1. The van der Waals surface area contributed by atoms with Gasteiger partial charge in [0.25, 0.3) is 5.91 Å². The third-order valence-corrected chi connectivity index (χ3v) is 5.19. The maximum Gasteiger partial charge on any atom is 0.270 e. The van der Waals surface area contributed by atoms with Crippen LogP contribution in [-0.4, -0.2) is 55.1 Å². The molecule has 2 heterocycles. The van der Waals surface area contributed by atoms with Crippen LogP contribution in [-0.2, 0) is 0 Å². The zero-order valence-electron chi connectivity index (χ0n) is 13.8. The summed E-state index contributed by atoms with van der Waals surface area (Å²) in [7, 11) is 0. The summed E-state index contributed by atoms with van der Waals surface area (Å²) >= 11 is 7.62. The first-order valence-electron chi connectivity index (χ1n) is 8.16. The van der Waals surface area contributed by atoms with E-state index in [-0.39, 0.29) is 18.3 Å². The Bertz CT molecular complexity index is 689. The number of aromatic nitrogens is 1. The minimum Gasteiger partial charge on any atom is -0.351 e. The number of hydrogen-bond acceptors (Lipinski definition) is 5. The molecule has 136 valence electrons. The van der Waals surface area contributed by atoms with Gasteiger partial charge in [-0.1, -0.05) is 29.8 Å². The fourth-order valence-corrected chi connectivity index (χ4v) is 3.79. The molecular formula is C17H22Cl2N4OS. The number of carbonyl (C=O) groups is 1. The number of nitrogens with one attached hydrogen (secondary N) is 2. The van der Waals surface area contributed by atoms with Gasteiger partial charge in [0.05, 0.1) is 5.02 Å². The zero-order chi connectivity index (χ0) is 16.8. The summed E-state index contributed by atoms with van der Waals surface area (Å²) in [4.78, 5) is 19.0. The van der Waals surface area contributed by atoms with Crippen molar-refractivity contribution in [2.75, 3.05) is 39.3 Å². The lowest BCUT2D eigenvalue weighted by atomic mass is 10.2. The standard InChI is InChI=1S/C17H21ClN4OS.ClH/c18-14-5-2-1-4-13(14)17-21-15(12-24-17)16(23)20-6-3-9-22-10-7-19-8-11-22;/h1-2,4-5,12,19H,3,6-11H2,(H,20,23);1H. The molecule has 25 heavy (non-hydrogen) atoms. The second-order valence-electron chi connectivity index (χ2n) is 5.72. The highest BCUT2D eigenvalue weighted by Gasteiger charge is 2.13. The van der Waals surface area contributed by atoms with Crippen LogP contribution in [0.3, 0.4) is 0 Å². The van der Waals surface area contributed by atoms with Crippen LogP contribution in [0, 0.1) is 0 Å². The Morgan fingerprint density at radius 3 is 2.84 bits per heavy atom. The van der Waals surface area contributed by atoms with Crippen LogP contribution in [0.5, 0.6) is 0 Å². The van der Waals surface area contributed by atoms with Gasteiger partial charge >= 0.3 is 0 Å². The summed E-state index contributed by atoms with van der Waals surface area (Å²) in [6, 6.07) is 7.54. The van der Waals surface area contributed by atoms with E-state index in [4.69, 9.17) is 11.6 Å². The van der Waals surface area contributed by atoms with Gasteiger partial charge in [-0.3, -0.25) is 4.79 Å². The average Bonchev–Trinajstić information content (AvgIpc) is 3.10. The lowest BCUT2D eigenvalue weighted by Gasteiger charge is -2.26. The van der Waals surface area contributed by atoms with Crippen LogP contribution in [0.25, 0.3) is 10.6 Å². The minimum atomic E-state index is -0.120. The van der Waals surface area contributed by atoms with Crippen molar-refractivity contribution in [2.24, 2.45) is 0 Å². The highest BCUT2D eigenvalue weighted by molar-refractivity contribution is 7.13. The van der Waals surface area contributed by atoms with Crippen LogP contribution in [0.4, 0.5) is 0 Å². The van der Waals surface area contributed by atoms with Gasteiger partial charge in [-0.05, 0) is 19.0 Å². The molecule has 2 N–H and O–H groups in total. The molecule has 0 spiro atoms. The van der Waals surface area contributed by atoms with E-state index < -0.39 is 0 Å². The maximum absolute atomic E-state index is 12.2. The van der Waals surface area contributed by atoms with E-state index in [1.807, 2.05) is 24.3 Å². The van der Waals surface area contributed by atoms with Crippen molar-refractivity contribution < 1.29 is 4.79 Å².